The van der Waals surface area contributed by atoms with Crippen LogP contribution in [0.2, 0.25) is 0 Å². The van der Waals surface area contributed by atoms with Crippen molar-refractivity contribution in [3.63, 3.8) is 0 Å². The van der Waals surface area contributed by atoms with Crippen molar-refractivity contribution in [1.82, 2.24) is 0 Å². The zero-order valence-electron chi connectivity index (χ0n) is 11.1. The molecule has 0 aromatic heterocycles. The van der Waals surface area contributed by atoms with Gasteiger partial charge in [-0.2, -0.15) is 0 Å². The molecule has 2 atom stereocenters. The van der Waals surface area contributed by atoms with Gasteiger partial charge in [-0.25, -0.2) is 4.39 Å². The van der Waals surface area contributed by atoms with Crippen LogP contribution >= 0.6 is 11.6 Å². The second-order valence-electron chi connectivity index (χ2n) is 4.86. The number of allylic oxidation sites excluding steroid dienone is 4. The maximum absolute atomic E-state index is 14.2. The first-order chi connectivity index (χ1) is 9.92. The summed E-state index contributed by atoms with van der Waals surface area (Å²) in [5.41, 5.74) is 0.763. The van der Waals surface area contributed by atoms with Crippen LogP contribution in [0.1, 0.15) is 24.3 Å². The first kappa shape index (κ1) is 15.4. The van der Waals surface area contributed by atoms with Crippen molar-refractivity contribution in [2.75, 3.05) is 0 Å². The summed E-state index contributed by atoms with van der Waals surface area (Å²) in [6, 6.07) is 9.01. The summed E-state index contributed by atoms with van der Waals surface area (Å²) in [5.74, 6) is -2.69. The number of carboxylic acid groups (broad SMARTS) is 1. The fourth-order valence-electron chi connectivity index (χ4n) is 2.18. The van der Waals surface area contributed by atoms with Gasteiger partial charge >= 0.3 is 5.97 Å². The lowest BCUT2D eigenvalue weighted by Crippen LogP contribution is -2.31. The normalized spacial score (nSPS) is 24.5. The molecule has 0 heterocycles. The first-order valence-corrected chi connectivity index (χ1v) is 6.87. The number of hydrogen-bond acceptors (Lipinski definition) is 2. The van der Waals surface area contributed by atoms with E-state index < -0.39 is 28.4 Å². The van der Waals surface area contributed by atoms with E-state index in [0.717, 1.165) is 11.6 Å². The lowest BCUT2D eigenvalue weighted by Gasteiger charge is -2.25. The summed E-state index contributed by atoms with van der Waals surface area (Å²) < 4.78 is 14.2. The highest BCUT2D eigenvalue weighted by atomic mass is 35.5. The van der Waals surface area contributed by atoms with Gasteiger partial charge in [-0.3, -0.25) is 9.59 Å². The Labute approximate surface area is 126 Å². The molecule has 110 valence electrons. The maximum atomic E-state index is 14.2. The van der Waals surface area contributed by atoms with Gasteiger partial charge in [0.25, 0.3) is 0 Å². The van der Waals surface area contributed by atoms with E-state index in [2.05, 4.69) is 0 Å². The van der Waals surface area contributed by atoms with Gasteiger partial charge in [0.15, 0.2) is 5.78 Å². The SMILES string of the molecule is O=C(O)CCC(=O)C1(Cl)C=CC(c2ccccc2)C(F)=C1. The van der Waals surface area contributed by atoms with Crippen molar-refractivity contribution in [2.45, 2.75) is 23.6 Å². The van der Waals surface area contributed by atoms with Crippen molar-refractivity contribution in [3.8, 4) is 0 Å². The van der Waals surface area contributed by atoms with Gasteiger partial charge in [-0.05, 0) is 11.6 Å². The van der Waals surface area contributed by atoms with Crippen LogP contribution in [0.25, 0.3) is 0 Å². The molecule has 1 N–H and O–H groups in total. The van der Waals surface area contributed by atoms with Crippen LogP contribution in [0.4, 0.5) is 4.39 Å². The van der Waals surface area contributed by atoms with E-state index in [9.17, 15) is 14.0 Å². The Balaban J connectivity index is 2.17. The number of aliphatic carboxylic acids is 1. The van der Waals surface area contributed by atoms with Crippen LogP contribution in [0.3, 0.4) is 0 Å². The van der Waals surface area contributed by atoms with Gasteiger partial charge in [0.2, 0.25) is 0 Å². The van der Waals surface area contributed by atoms with Crippen LogP contribution in [-0.4, -0.2) is 21.7 Å². The summed E-state index contributed by atoms with van der Waals surface area (Å²) in [4.78, 5) is 20.9. The fraction of sp³-hybridized carbons (Fsp3) is 0.250. The third-order valence-corrected chi connectivity index (χ3v) is 3.77. The molecule has 0 aliphatic heterocycles. The molecule has 5 heteroatoms. The van der Waals surface area contributed by atoms with Crippen molar-refractivity contribution >= 4 is 23.4 Å². The van der Waals surface area contributed by atoms with E-state index in [1.807, 2.05) is 6.07 Å². The third kappa shape index (κ3) is 3.58. The minimum atomic E-state index is -1.59. The molecule has 1 aromatic rings. The summed E-state index contributed by atoms with van der Waals surface area (Å²) in [6.07, 6.45) is 3.48. The number of halogens is 2. The fourth-order valence-corrected chi connectivity index (χ4v) is 2.45. The van der Waals surface area contributed by atoms with E-state index in [1.54, 1.807) is 24.3 Å². The molecule has 0 radical (unpaired) electrons. The number of carbonyl (C=O) groups is 2. The van der Waals surface area contributed by atoms with Gasteiger partial charge in [-0.15, -0.1) is 11.6 Å². The Kier molecular flexibility index (Phi) is 4.58. The van der Waals surface area contributed by atoms with E-state index in [0.29, 0.717) is 0 Å². The molecule has 21 heavy (non-hydrogen) atoms. The molecule has 1 aromatic carbocycles. The highest BCUT2D eigenvalue weighted by Gasteiger charge is 2.36. The molecule has 3 nitrogen and oxygen atoms in total. The molecule has 2 unspecified atom stereocenters. The highest BCUT2D eigenvalue weighted by molar-refractivity contribution is 6.38. The second-order valence-corrected chi connectivity index (χ2v) is 5.49. The van der Waals surface area contributed by atoms with Gasteiger partial charge in [0.05, 0.1) is 12.3 Å². The summed E-state index contributed by atoms with van der Waals surface area (Å²) in [5, 5.41) is 8.58. The quantitative estimate of drug-likeness (QED) is 0.668. The molecule has 0 bridgehead atoms. The number of hydrogen-bond donors (Lipinski definition) is 1. The minimum Gasteiger partial charge on any atom is -0.481 e. The van der Waals surface area contributed by atoms with E-state index >= 15 is 0 Å². The number of carbonyl (C=O) groups excluding carboxylic acids is 1. The number of rotatable bonds is 5. The Morgan fingerprint density at radius 3 is 2.48 bits per heavy atom. The molecule has 0 amide bonds. The number of ketones is 1. The van der Waals surface area contributed by atoms with E-state index in [-0.39, 0.29) is 12.8 Å². The molecular weight excluding hydrogens is 295 g/mol. The van der Waals surface area contributed by atoms with Gasteiger partial charge in [0.1, 0.15) is 10.7 Å². The number of benzene rings is 1. The largest absolute Gasteiger partial charge is 0.481 e. The molecule has 0 fully saturated rings. The van der Waals surface area contributed by atoms with E-state index in [4.69, 9.17) is 16.7 Å². The third-order valence-electron chi connectivity index (χ3n) is 3.33. The van der Waals surface area contributed by atoms with Crippen molar-refractivity contribution in [2.24, 2.45) is 0 Å². The lowest BCUT2D eigenvalue weighted by atomic mass is 9.86. The van der Waals surface area contributed by atoms with Crippen LogP contribution in [0.5, 0.6) is 0 Å². The Bertz CT molecular complexity index is 609. The first-order valence-electron chi connectivity index (χ1n) is 6.49. The Hall–Kier alpha value is -1.94. The Morgan fingerprint density at radius 2 is 1.90 bits per heavy atom. The summed E-state index contributed by atoms with van der Waals surface area (Å²) in [6.45, 7) is 0. The average molecular weight is 309 g/mol. The minimum absolute atomic E-state index is 0.233. The molecule has 1 aliphatic rings. The summed E-state index contributed by atoms with van der Waals surface area (Å²) in [7, 11) is 0. The lowest BCUT2D eigenvalue weighted by molar-refractivity contribution is -0.138. The van der Waals surface area contributed by atoms with Crippen molar-refractivity contribution in [3.05, 3.63) is 60.0 Å². The molecule has 2 rings (SSSR count). The average Bonchev–Trinajstić information content (AvgIpc) is 2.45. The second kappa shape index (κ2) is 6.22. The van der Waals surface area contributed by atoms with Gasteiger partial charge in [0, 0.05) is 6.42 Å². The highest BCUT2D eigenvalue weighted by Crippen LogP contribution is 2.37. The predicted molar refractivity (Wildman–Crippen MR) is 78.0 cm³/mol. The molecular formula is C16H14ClFO3. The van der Waals surface area contributed by atoms with Crippen LogP contribution < -0.4 is 0 Å². The van der Waals surface area contributed by atoms with Crippen molar-refractivity contribution in [1.29, 1.82) is 0 Å². The monoisotopic (exact) mass is 308 g/mol. The van der Waals surface area contributed by atoms with Crippen LogP contribution in [0.15, 0.2) is 54.4 Å². The number of carboxylic acids is 1. The molecule has 0 saturated carbocycles. The number of Topliss-reactive ketones (excluding diaryl/α,β-unsaturated/α-hetero) is 1. The predicted octanol–water partition coefficient (Wildman–Crippen LogP) is 3.60. The zero-order chi connectivity index (χ0) is 15.5. The zero-order valence-corrected chi connectivity index (χ0v) is 11.9. The smallest absolute Gasteiger partial charge is 0.303 e. The molecule has 0 spiro atoms. The van der Waals surface area contributed by atoms with Gasteiger partial charge < -0.3 is 5.11 Å². The molecule has 1 aliphatic carbocycles. The Morgan fingerprint density at radius 1 is 1.24 bits per heavy atom. The maximum Gasteiger partial charge on any atom is 0.303 e. The van der Waals surface area contributed by atoms with E-state index in [1.165, 1.54) is 12.2 Å². The standard InChI is InChI=1S/C16H14ClFO3/c17-16(14(19)6-7-15(20)21)9-8-12(13(18)10-16)11-4-2-1-3-5-11/h1-5,8-10,12H,6-7H2,(H,20,21). The molecule has 0 saturated heterocycles. The van der Waals surface area contributed by atoms with Crippen LogP contribution in [0, 0.1) is 0 Å². The number of alkyl halides is 1. The topological polar surface area (TPSA) is 54.4 Å². The summed E-state index contributed by atoms with van der Waals surface area (Å²) >= 11 is 6.11. The van der Waals surface area contributed by atoms with Crippen molar-refractivity contribution < 1.29 is 19.1 Å². The van der Waals surface area contributed by atoms with Gasteiger partial charge in [-0.1, -0.05) is 42.5 Å². The van der Waals surface area contributed by atoms with Crippen LogP contribution in [-0.2, 0) is 9.59 Å².